The molecule has 0 bridgehead atoms. The molecule has 32 heavy (non-hydrogen) atoms. The SMILES string of the molecule is Cc1cc(-c2[nH]c3ccc(OCC(=O)NC4CCC5CNCC54)cc3c2C(C)C)ccn1. The lowest BCUT2D eigenvalue weighted by molar-refractivity contribution is -0.124. The number of fused-ring (bicyclic) bond motifs is 2. The maximum absolute atomic E-state index is 12.6. The zero-order valence-corrected chi connectivity index (χ0v) is 19.1. The number of hydrogen-bond acceptors (Lipinski definition) is 4. The van der Waals surface area contributed by atoms with E-state index in [2.05, 4.69) is 46.6 Å². The summed E-state index contributed by atoms with van der Waals surface area (Å²) in [6.45, 7) is 8.56. The molecule has 168 valence electrons. The fraction of sp³-hybridized carbons (Fsp3) is 0.462. The molecule has 0 spiro atoms. The van der Waals surface area contributed by atoms with Gasteiger partial charge in [0.25, 0.3) is 5.91 Å². The number of carbonyl (C=O) groups excluding carboxylic acids is 1. The van der Waals surface area contributed by atoms with E-state index in [-0.39, 0.29) is 18.6 Å². The molecule has 5 rings (SSSR count). The fourth-order valence-corrected chi connectivity index (χ4v) is 5.53. The number of nitrogens with zero attached hydrogens (tertiary/aromatic N) is 1. The second-order valence-corrected chi connectivity index (χ2v) is 9.58. The standard InChI is InChI=1S/C26H32N4O2/c1-15(2)25-20-11-19(5-7-22(20)30-26(25)17-8-9-28-16(3)10-17)32-14-24(31)29-23-6-4-18-12-27-13-21(18)23/h5,7-11,15,18,21,23,27,30H,4,6,12-14H2,1-3H3,(H,29,31). The number of hydrogen-bond donors (Lipinski definition) is 3. The topological polar surface area (TPSA) is 79.0 Å². The van der Waals surface area contributed by atoms with Gasteiger partial charge in [0.05, 0.1) is 5.69 Å². The van der Waals surface area contributed by atoms with Gasteiger partial charge in [-0.15, -0.1) is 0 Å². The molecule has 3 heterocycles. The molecular weight excluding hydrogens is 400 g/mol. The molecule has 1 saturated carbocycles. The molecule has 6 nitrogen and oxygen atoms in total. The van der Waals surface area contributed by atoms with Crippen LogP contribution in [0, 0.1) is 18.8 Å². The highest BCUT2D eigenvalue weighted by Crippen LogP contribution is 2.37. The lowest BCUT2D eigenvalue weighted by Crippen LogP contribution is -2.41. The van der Waals surface area contributed by atoms with Crippen molar-refractivity contribution in [1.82, 2.24) is 20.6 Å². The van der Waals surface area contributed by atoms with Crippen LogP contribution in [-0.2, 0) is 4.79 Å². The number of nitrogens with one attached hydrogen (secondary N) is 3. The van der Waals surface area contributed by atoms with Crippen molar-refractivity contribution in [3.63, 3.8) is 0 Å². The normalized spacial score (nSPS) is 22.4. The van der Waals surface area contributed by atoms with Gasteiger partial charge < -0.3 is 20.4 Å². The lowest BCUT2D eigenvalue weighted by atomic mass is 9.96. The van der Waals surface area contributed by atoms with Gasteiger partial charge in [-0.1, -0.05) is 13.8 Å². The van der Waals surface area contributed by atoms with Gasteiger partial charge in [-0.3, -0.25) is 9.78 Å². The molecule has 3 atom stereocenters. The van der Waals surface area contributed by atoms with Crippen molar-refractivity contribution < 1.29 is 9.53 Å². The van der Waals surface area contributed by atoms with E-state index in [1.807, 2.05) is 31.3 Å². The van der Waals surface area contributed by atoms with Crippen molar-refractivity contribution in [2.45, 2.75) is 45.6 Å². The van der Waals surface area contributed by atoms with Crippen LogP contribution in [-0.4, -0.2) is 41.6 Å². The summed E-state index contributed by atoms with van der Waals surface area (Å²) in [5, 5.41) is 7.78. The molecule has 2 aliphatic rings. The molecular formula is C26H32N4O2. The van der Waals surface area contributed by atoms with E-state index in [1.54, 1.807) is 0 Å². The van der Waals surface area contributed by atoms with Crippen LogP contribution in [0.5, 0.6) is 5.75 Å². The van der Waals surface area contributed by atoms with Crippen LogP contribution in [0.2, 0.25) is 0 Å². The summed E-state index contributed by atoms with van der Waals surface area (Å²) in [4.78, 5) is 20.5. The van der Waals surface area contributed by atoms with Crippen molar-refractivity contribution in [2.24, 2.45) is 11.8 Å². The number of aromatic amines is 1. The van der Waals surface area contributed by atoms with Crippen molar-refractivity contribution >= 4 is 16.8 Å². The predicted molar refractivity (Wildman–Crippen MR) is 127 cm³/mol. The van der Waals surface area contributed by atoms with Crippen LogP contribution in [0.25, 0.3) is 22.2 Å². The van der Waals surface area contributed by atoms with E-state index in [1.165, 1.54) is 12.0 Å². The van der Waals surface area contributed by atoms with Crippen LogP contribution in [0.3, 0.4) is 0 Å². The van der Waals surface area contributed by atoms with Crippen molar-refractivity contribution in [3.8, 4) is 17.0 Å². The first-order chi connectivity index (χ1) is 15.5. The van der Waals surface area contributed by atoms with E-state index in [0.717, 1.165) is 53.1 Å². The highest BCUT2D eigenvalue weighted by atomic mass is 16.5. The second-order valence-electron chi connectivity index (χ2n) is 9.58. The van der Waals surface area contributed by atoms with E-state index >= 15 is 0 Å². The zero-order chi connectivity index (χ0) is 22.2. The number of H-pyrrole nitrogens is 1. The Kier molecular flexibility index (Phi) is 5.64. The maximum atomic E-state index is 12.6. The number of ether oxygens (including phenoxy) is 1. The molecule has 1 amide bonds. The number of aromatic nitrogens is 2. The van der Waals surface area contributed by atoms with Gasteiger partial charge in [0.2, 0.25) is 0 Å². The maximum Gasteiger partial charge on any atom is 0.258 e. The van der Waals surface area contributed by atoms with E-state index in [9.17, 15) is 4.79 Å². The first-order valence-corrected chi connectivity index (χ1v) is 11.7. The number of amides is 1. The molecule has 0 radical (unpaired) electrons. The summed E-state index contributed by atoms with van der Waals surface area (Å²) < 4.78 is 5.91. The molecule has 3 N–H and O–H groups in total. The number of benzene rings is 1. The molecule has 3 aromatic rings. The largest absolute Gasteiger partial charge is 0.484 e. The van der Waals surface area contributed by atoms with Gasteiger partial charge in [-0.2, -0.15) is 0 Å². The first-order valence-electron chi connectivity index (χ1n) is 11.7. The van der Waals surface area contributed by atoms with Crippen molar-refractivity contribution in [3.05, 3.63) is 47.8 Å². The van der Waals surface area contributed by atoms with Crippen LogP contribution in [0.15, 0.2) is 36.5 Å². The highest BCUT2D eigenvalue weighted by molar-refractivity contribution is 5.92. The van der Waals surface area contributed by atoms with Crippen LogP contribution >= 0.6 is 0 Å². The van der Waals surface area contributed by atoms with Gasteiger partial charge in [-0.05, 0) is 80.0 Å². The van der Waals surface area contributed by atoms with Crippen molar-refractivity contribution in [2.75, 3.05) is 19.7 Å². The predicted octanol–water partition coefficient (Wildman–Crippen LogP) is 4.15. The fourth-order valence-electron chi connectivity index (χ4n) is 5.53. The number of rotatable bonds is 6. The lowest BCUT2D eigenvalue weighted by Gasteiger charge is -2.19. The summed E-state index contributed by atoms with van der Waals surface area (Å²) in [6.07, 6.45) is 4.12. The monoisotopic (exact) mass is 432 g/mol. The molecule has 6 heteroatoms. The average Bonchev–Trinajstić information content (AvgIpc) is 3.47. The first kappa shape index (κ1) is 21.0. The second kappa shape index (κ2) is 8.58. The Balaban J connectivity index is 1.33. The zero-order valence-electron chi connectivity index (χ0n) is 19.1. The van der Waals surface area contributed by atoms with Gasteiger partial charge in [-0.25, -0.2) is 0 Å². The Bertz CT molecular complexity index is 1140. The van der Waals surface area contributed by atoms with Crippen molar-refractivity contribution in [1.29, 1.82) is 0 Å². The minimum atomic E-state index is -0.0336. The van der Waals surface area contributed by atoms with Gasteiger partial charge in [0.15, 0.2) is 6.61 Å². The Labute approximate surface area is 189 Å². The van der Waals surface area contributed by atoms with Crippen LogP contribution in [0.1, 0.15) is 43.9 Å². The van der Waals surface area contributed by atoms with E-state index in [0.29, 0.717) is 17.8 Å². The summed E-state index contributed by atoms with van der Waals surface area (Å²) >= 11 is 0. The molecule has 1 aliphatic heterocycles. The Morgan fingerprint density at radius 3 is 2.91 bits per heavy atom. The molecule has 1 aliphatic carbocycles. The molecule has 1 aromatic carbocycles. The van der Waals surface area contributed by atoms with E-state index in [4.69, 9.17) is 4.74 Å². The third-order valence-electron chi connectivity index (χ3n) is 7.05. The van der Waals surface area contributed by atoms with Gasteiger partial charge in [0, 0.05) is 40.9 Å². The molecule has 1 saturated heterocycles. The third-order valence-corrected chi connectivity index (χ3v) is 7.05. The number of carbonyl (C=O) groups is 1. The molecule has 2 fully saturated rings. The number of aryl methyl sites for hydroxylation is 1. The van der Waals surface area contributed by atoms with Crippen LogP contribution < -0.4 is 15.4 Å². The van der Waals surface area contributed by atoms with Gasteiger partial charge >= 0.3 is 0 Å². The Morgan fingerprint density at radius 2 is 2.09 bits per heavy atom. The minimum absolute atomic E-state index is 0.0336. The van der Waals surface area contributed by atoms with E-state index < -0.39 is 0 Å². The summed E-state index contributed by atoms with van der Waals surface area (Å²) in [5.74, 6) is 2.30. The average molecular weight is 433 g/mol. The highest BCUT2D eigenvalue weighted by Gasteiger charge is 2.39. The quantitative estimate of drug-likeness (QED) is 0.547. The molecule has 2 aromatic heterocycles. The summed E-state index contributed by atoms with van der Waals surface area (Å²) in [7, 11) is 0. The molecule has 3 unspecified atom stereocenters. The third kappa shape index (κ3) is 3.99. The smallest absolute Gasteiger partial charge is 0.258 e. The summed E-state index contributed by atoms with van der Waals surface area (Å²) in [6, 6.07) is 10.4. The minimum Gasteiger partial charge on any atom is -0.484 e. The van der Waals surface area contributed by atoms with Crippen LogP contribution in [0.4, 0.5) is 0 Å². The van der Waals surface area contributed by atoms with Gasteiger partial charge in [0.1, 0.15) is 5.75 Å². The Hall–Kier alpha value is -2.86. The Morgan fingerprint density at radius 1 is 1.22 bits per heavy atom. The number of pyridine rings is 1. The summed E-state index contributed by atoms with van der Waals surface area (Å²) in [5.41, 5.74) is 5.58.